The second-order valence-corrected chi connectivity index (χ2v) is 6.18. The van der Waals surface area contributed by atoms with Crippen LogP contribution < -0.4 is 10.6 Å². The summed E-state index contributed by atoms with van der Waals surface area (Å²) in [6, 6.07) is 9.05. The predicted octanol–water partition coefficient (Wildman–Crippen LogP) is 3.74. The Labute approximate surface area is 159 Å². The van der Waals surface area contributed by atoms with Crippen molar-refractivity contribution in [3.8, 4) is 0 Å². The number of carbonyl (C=O) groups excluding carboxylic acids is 2. The van der Waals surface area contributed by atoms with Crippen LogP contribution in [0.3, 0.4) is 0 Å². The molecule has 2 N–H and O–H groups in total. The third-order valence-electron chi connectivity index (χ3n) is 4.05. The third kappa shape index (κ3) is 5.78. The molecule has 0 aliphatic heterocycles. The molecule has 2 aromatic carbocycles. The number of benzene rings is 2. The van der Waals surface area contributed by atoms with Gasteiger partial charge in [0.15, 0.2) is 0 Å². The number of anilines is 2. The average Bonchev–Trinajstić information content (AvgIpc) is 2.62. The summed E-state index contributed by atoms with van der Waals surface area (Å²) in [4.78, 5) is 25.7. The number of para-hydroxylation sites is 1. The Kier molecular flexibility index (Phi) is 6.74. The molecule has 5 nitrogen and oxygen atoms in total. The Morgan fingerprint density at radius 1 is 1.04 bits per heavy atom. The molecular formula is C19H19F4N3O2. The molecular weight excluding hydrogens is 378 g/mol. The van der Waals surface area contributed by atoms with Gasteiger partial charge in [-0.3, -0.25) is 14.5 Å². The molecule has 0 saturated heterocycles. The summed E-state index contributed by atoms with van der Waals surface area (Å²) in [7, 11) is 1.49. The van der Waals surface area contributed by atoms with E-state index < -0.39 is 35.4 Å². The molecule has 0 aromatic heterocycles. The molecule has 0 spiro atoms. The van der Waals surface area contributed by atoms with Crippen LogP contribution in [0.1, 0.15) is 12.5 Å². The Balaban J connectivity index is 1.96. The monoisotopic (exact) mass is 397 g/mol. The van der Waals surface area contributed by atoms with Crippen LogP contribution in [0.5, 0.6) is 0 Å². The van der Waals surface area contributed by atoms with Crippen molar-refractivity contribution >= 4 is 23.2 Å². The highest BCUT2D eigenvalue weighted by atomic mass is 19.4. The normalized spacial score (nSPS) is 12.5. The predicted molar refractivity (Wildman–Crippen MR) is 97.2 cm³/mol. The molecule has 0 saturated carbocycles. The smallest absolute Gasteiger partial charge is 0.325 e. The molecule has 0 bridgehead atoms. The van der Waals surface area contributed by atoms with Crippen LogP contribution in [0.2, 0.25) is 0 Å². The standard InChI is InChI=1S/C19H19F4N3O2/c1-12(18(28)24-14-9-7-13(20)8-10-14)26(2)11-17(27)25-16-6-4-3-5-15(16)19(21,22)23/h3-10,12H,11H2,1-2H3,(H,24,28)(H,25,27)/t12-/m0/s1. The van der Waals surface area contributed by atoms with Gasteiger partial charge in [0.25, 0.3) is 0 Å². The summed E-state index contributed by atoms with van der Waals surface area (Å²) in [5.41, 5.74) is -0.917. The highest BCUT2D eigenvalue weighted by molar-refractivity contribution is 5.96. The van der Waals surface area contributed by atoms with Crippen LogP contribution in [0.15, 0.2) is 48.5 Å². The average molecular weight is 397 g/mol. The first-order valence-electron chi connectivity index (χ1n) is 8.30. The van der Waals surface area contributed by atoms with E-state index in [4.69, 9.17) is 0 Å². The number of carbonyl (C=O) groups is 2. The van der Waals surface area contributed by atoms with Crippen LogP contribution >= 0.6 is 0 Å². The minimum atomic E-state index is -4.60. The zero-order valence-electron chi connectivity index (χ0n) is 15.2. The lowest BCUT2D eigenvalue weighted by Gasteiger charge is -2.23. The van der Waals surface area contributed by atoms with E-state index in [1.807, 2.05) is 0 Å². The number of halogens is 4. The van der Waals surface area contributed by atoms with E-state index in [9.17, 15) is 27.2 Å². The van der Waals surface area contributed by atoms with Gasteiger partial charge in [0.2, 0.25) is 11.8 Å². The van der Waals surface area contributed by atoms with Crippen molar-refractivity contribution in [1.29, 1.82) is 0 Å². The van der Waals surface area contributed by atoms with Crippen molar-refractivity contribution in [3.63, 3.8) is 0 Å². The number of likely N-dealkylation sites (N-methyl/N-ethyl adjacent to an activating group) is 1. The quantitative estimate of drug-likeness (QED) is 0.730. The van der Waals surface area contributed by atoms with Gasteiger partial charge in [0.05, 0.1) is 23.8 Å². The minimum absolute atomic E-state index is 0.301. The van der Waals surface area contributed by atoms with Gasteiger partial charge in [-0.05, 0) is 50.4 Å². The Morgan fingerprint density at radius 2 is 1.64 bits per heavy atom. The second kappa shape index (κ2) is 8.83. The van der Waals surface area contributed by atoms with Crippen molar-refractivity contribution in [3.05, 3.63) is 59.9 Å². The third-order valence-corrected chi connectivity index (χ3v) is 4.05. The molecule has 0 fully saturated rings. The summed E-state index contributed by atoms with van der Waals surface area (Å²) in [6.07, 6.45) is -4.60. The SMILES string of the molecule is C[C@@H](C(=O)Nc1ccc(F)cc1)N(C)CC(=O)Nc1ccccc1C(F)(F)F. The summed E-state index contributed by atoms with van der Waals surface area (Å²) in [5.74, 6) is -1.59. The van der Waals surface area contributed by atoms with Crippen molar-refractivity contribution in [2.45, 2.75) is 19.1 Å². The molecule has 9 heteroatoms. The van der Waals surface area contributed by atoms with Gasteiger partial charge in [0, 0.05) is 5.69 Å². The Bertz CT molecular complexity index is 838. The highest BCUT2D eigenvalue weighted by Gasteiger charge is 2.33. The minimum Gasteiger partial charge on any atom is -0.325 e. The first kappa shape index (κ1) is 21.4. The maximum atomic E-state index is 13.0. The van der Waals surface area contributed by atoms with Gasteiger partial charge in [0.1, 0.15) is 5.82 Å². The molecule has 28 heavy (non-hydrogen) atoms. The molecule has 0 aliphatic carbocycles. The van der Waals surface area contributed by atoms with Crippen LogP contribution in [0, 0.1) is 5.82 Å². The lowest BCUT2D eigenvalue weighted by atomic mass is 10.1. The highest BCUT2D eigenvalue weighted by Crippen LogP contribution is 2.34. The van der Waals surface area contributed by atoms with E-state index >= 15 is 0 Å². The van der Waals surface area contributed by atoms with Crippen LogP contribution in [-0.2, 0) is 15.8 Å². The topological polar surface area (TPSA) is 61.4 Å². The summed E-state index contributed by atoms with van der Waals surface area (Å²) in [6.45, 7) is 1.24. The zero-order valence-corrected chi connectivity index (χ0v) is 15.2. The van der Waals surface area contributed by atoms with Crippen molar-refractivity contribution in [2.24, 2.45) is 0 Å². The fourth-order valence-electron chi connectivity index (χ4n) is 2.37. The number of amides is 2. The van der Waals surface area contributed by atoms with Gasteiger partial charge in [-0.25, -0.2) is 4.39 Å². The Hall–Kier alpha value is -2.94. The maximum Gasteiger partial charge on any atom is 0.418 e. The molecule has 150 valence electrons. The first-order valence-corrected chi connectivity index (χ1v) is 8.30. The van der Waals surface area contributed by atoms with E-state index in [1.54, 1.807) is 0 Å². The van der Waals surface area contributed by atoms with Gasteiger partial charge in [-0.15, -0.1) is 0 Å². The Morgan fingerprint density at radius 3 is 2.25 bits per heavy atom. The molecule has 2 amide bonds. The number of nitrogens with one attached hydrogen (secondary N) is 2. The van der Waals surface area contributed by atoms with E-state index in [1.165, 1.54) is 55.3 Å². The molecule has 1 atom stereocenters. The van der Waals surface area contributed by atoms with Gasteiger partial charge in [-0.1, -0.05) is 12.1 Å². The van der Waals surface area contributed by atoms with Crippen molar-refractivity contribution < 1.29 is 27.2 Å². The zero-order chi connectivity index (χ0) is 20.9. The van der Waals surface area contributed by atoms with Crippen LogP contribution in [0.25, 0.3) is 0 Å². The van der Waals surface area contributed by atoms with E-state index in [2.05, 4.69) is 10.6 Å². The lowest BCUT2D eigenvalue weighted by molar-refractivity contribution is -0.137. The number of nitrogens with zero attached hydrogens (tertiary/aromatic N) is 1. The van der Waals surface area contributed by atoms with Gasteiger partial charge >= 0.3 is 6.18 Å². The molecule has 0 unspecified atom stereocenters. The second-order valence-electron chi connectivity index (χ2n) is 6.18. The fraction of sp³-hybridized carbons (Fsp3) is 0.263. The molecule has 0 radical (unpaired) electrons. The number of hydrogen-bond acceptors (Lipinski definition) is 3. The van der Waals surface area contributed by atoms with Crippen LogP contribution in [0.4, 0.5) is 28.9 Å². The van der Waals surface area contributed by atoms with Gasteiger partial charge < -0.3 is 10.6 Å². The molecule has 0 aliphatic rings. The van der Waals surface area contributed by atoms with Crippen molar-refractivity contribution in [1.82, 2.24) is 4.90 Å². The maximum absolute atomic E-state index is 13.0. The van der Waals surface area contributed by atoms with E-state index in [0.29, 0.717) is 5.69 Å². The number of hydrogen-bond donors (Lipinski definition) is 2. The van der Waals surface area contributed by atoms with E-state index in [-0.39, 0.29) is 12.2 Å². The van der Waals surface area contributed by atoms with Crippen molar-refractivity contribution in [2.75, 3.05) is 24.2 Å². The molecule has 2 aromatic rings. The summed E-state index contributed by atoms with van der Waals surface area (Å²) >= 11 is 0. The number of rotatable bonds is 6. The van der Waals surface area contributed by atoms with Gasteiger partial charge in [-0.2, -0.15) is 13.2 Å². The summed E-state index contributed by atoms with van der Waals surface area (Å²) in [5, 5.41) is 4.80. The molecule has 0 heterocycles. The largest absolute Gasteiger partial charge is 0.418 e. The fourth-order valence-corrected chi connectivity index (χ4v) is 2.37. The summed E-state index contributed by atoms with van der Waals surface area (Å²) < 4.78 is 51.9. The first-order chi connectivity index (χ1) is 13.1. The number of alkyl halides is 3. The lowest BCUT2D eigenvalue weighted by Crippen LogP contribution is -2.43. The molecule has 2 rings (SSSR count). The van der Waals surface area contributed by atoms with Crippen LogP contribution in [-0.4, -0.2) is 36.3 Å². The van der Waals surface area contributed by atoms with E-state index in [0.717, 1.165) is 12.1 Å².